The van der Waals surface area contributed by atoms with Gasteiger partial charge in [0.05, 0.1) is 28.3 Å². The van der Waals surface area contributed by atoms with Crippen molar-refractivity contribution in [2.45, 2.75) is 18.7 Å². The molecule has 0 aliphatic heterocycles. The van der Waals surface area contributed by atoms with Gasteiger partial charge in [-0.15, -0.1) is 10.2 Å². The summed E-state index contributed by atoms with van der Waals surface area (Å²) in [6.45, 7) is 3.69. The summed E-state index contributed by atoms with van der Waals surface area (Å²) in [6, 6.07) is 12.1. The third-order valence-electron chi connectivity index (χ3n) is 4.59. The van der Waals surface area contributed by atoms with E-state index in [1.807, 2.05) is 26.0 Å². The molecule has 33 heavy (non-hydrogen) atoms. The Morgan fingerprint density at radius 3 is 2.24 bits per heavy atom. The molecule has 0 bridgehead atoms. The van der Waals surface area contributed by atoms with Crippen molar-refractivity contribution >= 4 is 50.2 Å². The molecule has 3 aromatic rings. The van der Waals surface area contributed by atoms with Gasteiger partial charge in [0.25, 0.3) is 10.1 Å². The number of carboxylic acids is 1. The predicted molar refractivity (Wildman–Crippen MR) is 123 cm³/mol. The molecule has 170 valence electrons. The number of aromatic carboxylic acids is 1. The lowest BCUT2D eigenvalue weighted by Crippen LogP contribution is -2.05. The topological polar surface area (TPSA) is 193 Å². The Bertz CT molecular complexity index is 1420. The van der Waals surface area contributed by atoms with Gasteiger partial charge < -0.3 is 16.6 Å². The molecular formula is C21H20N6O5S. The second-order valence-electron chi connectivity index (χ2n) is 7.09. The van der Waals surface area contributed by atoms with E-state index in [-0.39, 0.29) is 28.3 Å². The third-order valence-corrected chi connectivity index (χ3v) is 5.48. The number of benzene rings is 3. The average molecular weight is 468 g/mol. The van der Waals surface area contributed by atoms with E-state index in [2.05, 4.69) is 20.5 Å². The van der Waals surface area contributed by atoms with Crippen molar-refractivity contribution in [3.05, 3.63) is 65.2 Å². The molecular weight excluding hydrogens is 448 g/mol. The van der Waals surface area contributed by atoms with Crippen molar-refractivity contribution in [2.24, 2.45) is 20.5 Å². The summed E-state index contributed by atoms with van der Waals surface area (Å²) >= 11 is 0. The maximum atomic E-state index is 11.9. The van der Waals surface area contributed by atoms with Crippen molar-refractivity contribution < 1.29 is 22.9 Å². The maximum Gasteiger partial charge on any atom is 0.335 e. The summed E-state index contributed by atoms with van der Waals surface area (Å²) in [5, 5.41) is 25.1. The van der Waals surface area contributed by atoms with Gasteiger partial charge in [-0.25, -0.2) is 4.79 Å². The molecule has 0 spiro atoms. The van der Waals surface area contributed by atoms with Gasteiger partial charge in [-0.1, -0.05) is 18.2 Å². The number of hydrogen-bond acceptors (Lipinski definition) is 9. The summed E-state index contributed by atoms with van der Waals surface area (Å²) in [4.78, 5) is 10.5. The largest absolute Gasteiger partial charge is 0.478 e. The predicted octanol–water partition coefficient (Wildman–Crippen LogP) is 5.24. The van der Waals surface area contributed by atoms with Gasteiger partial charge in [0, 0.05) is 0 Å². The first-order valence-electron chi connectivity index (χ1n) is 9.41. The molecule has 0 saturated carbocycles. The summed E-state index contributed by atoms with van der Waals surface area (Å²) < 4.78 is 33.3. The van der Waals surface area contributed by atoms with Crippen molar-refractivity contribution in [3.63, 3.8) is 0 Å². The fourth-order valence-corrected chi connectivity index (χ4v) is 3.45. The lowest BCUT2D eigenvalue weighted by molar-refractivity contribution is 0.0697. The first-order chi connectivity index (χ1) is 15.5. The number of rotatable bonds is 6. The lowest BCUT2D eigenvalue weighted by Gasteiger charge is -2.10. The third kappa shape index (κ3) is 5.37. The van der Waals surface area contributed by atoms with Gasteiger partial charge in [-0.2, -0.15) is 18.6 Å². The minimum Gasteiger partial charge on any atom is -0.478 e. The molecule has 0 atom stereocenters. The minimum absolute atomic E-state index is 0.0154. The molecule has 0 radical (unpaired) electrons. The van der Waals surface area contributed by atoms with Gasteiger partial charge >= 0.3 is 5.97 Å². The number of azo groups is 2. The van der Waals surface area contributed by atoms with Gasteiger partial charge in [0.2, 0.25) is 0 Å². The zero-order chi connectivity index (χ0) is 24.3. The second kappa shape index (κ2) is 9.14. The van der Waals surface area contributed by atoms with E-state index < -0.39 is 26.7 Å². The van der Waals surface area contributed by atoms with Crippen molar-refractivity contribution in [1.82, 2.24) is 0 Å². The van der Waals surface area contributed by atoms with Gasteiger partial charge in [0.1, 0.15) is 16.3 Å². The van der Waals surface area contributed by atoms with Crippen LogP contribution in [0.1, 0.15) is 21.5 Å². The van der Waals surface area contributed by atoms with Crippen LogP contribution in [0.4, 0.5) is 34.1 Å². The molecule has 12 heteroatoms. The first kappa shape index (κ1) is 23.5. The van der Waals surface area contributed by atoms with Crippen LogP contribution >= 0.6 is 0 Å². The molecule has 0 saturated heterocycles. The van der Waals surface area contributed by atoms with Crippen LogP contribution in [0, 0.1) is 13.8 Å². The van der Waals surface area contributed by atoms with Crippen LogP contribution in [0.5, 0.6) is 0 Å². The van der Waals surface area contributed by atoms with Gasteiger partial charge in [0.15, 0.2) is 0 Å². The number of nitrogens with zero attached hydrogens (tertiary/aromatic N) is 4. The number of nitrogen functional groups attached to an aromatic ring is 2. The van der Waals surface area contributed by atoms with Gasteiger partial charge in [-0.3, -0.25) is 4.55 Å². The van der Waals surface area contributed by atoms with Crippen LogP contribution in [0.2, 0.25) is 0 Å². The summed E-state index contributed by atoms with van der Waals surface area (Å²) in [5.41, 5.74) is 13.5. The van der Waals surface area contributed by atoms with Crippen LogP contribution in [0.25, 0.3) is 0 Å². The average Bonchev–Trinajstić information content (AvgIpc) is 2.74. The molecule has 0 aliphatic carbocycles. The number of carbonyl (C=O) groups is 1. The summed E-state index contributed by atoms with van der Waals surface area (Å²) in [7, 11) is -4.76. The Labute approximate surface area is 189 Å². The van der Waals surface area contributed by atoms with Crippen molar-refractivity contribution in [3.8, 4) is 0 Å². The van der Waals surface area contributed by atoms with E-state index in [1.54, 1.807) is 6.07 Å². The highest BCUT2D eigenvalue weighted by molar-refractivity contribution is 7.86. The molecule has 6 N–H and O–H groups in total. The Kier molecular flexibility index (Phi) is 6.51. The molecule has 0 aliphatic rings. The number of anilines is 2. The molecule has 3 aromatic carbocycles. The highest BCUT2D eigenvalue weighted by Crippen LogP contribution is 2.43. The Balaban J connectivity index is 2.14. The van der Waals surface area contributed by atoms with Gasteiger partial charge in [-0.05, 0) is 55.3 Å². The van der Waals surface area contributed by atoms with E-state index in [9.17, 15) is 17.8 Å². The van der Waals surface area contributed by atoms with Crippen LogP contribution in [-0.2, 0) is 10.1 Å². The molecule has 0 unspecified atom stereocenters. The Morgan fingerprint density at radius 1 is 0.879 bits per heavy atom. The number of carboxylic acid groups (broad SMARTS) is 1. The highest BCUT2D eigenvalue weighted by Gasteiger charge is 2.22. The quantitative estimate of drug-likeness (QED) is 0.215. The molecule has 3 rings (SSSR count). The maximum absolute atomic E-state index is 11.9. The zero-order valence-corrected chi connectivity index (χ0v) is 18.4. The number of aryl methyl sites for hydroxylation is 2. The first-order valence-corrected chi connectivity index (χ1v) is 10.8. The van der Waals surface area contributed by atoms with E-state index in [0.717, 1.165) is 17.2 Å². The Hall–Kier alpha value is -4.16. The van der Waals surface area contributed by atoms with Crippen molar-refractivity contribution in [2.75, 3.05) is 11.5 Å². The molecule has 0 amide bonds. The fourth-order valence-electron chi connectivity index (χ4n) is 2.81. The van der Waals surface area contributed by atoms with E-state index in [4.69, 9.17) is 16.6 Å². The lowest BCUT2D eigenvalue weighted by atomic mass is 10.1. The zero-order valence-electron chi connectivity index (χ0n) is 17.6. The Morgan fingerprint density at radius 2 is 1.58 bits per heavy atom. The number of hydrogen-bond donors (Lipinski definition) is 4. The smallest absolute Gasteiger partial charge is 0.335 e. The van der Waals surface area contributed by atoms with E-state index in [1.165, 1.54) is 24.3 Å². The minimum atomic E-state index is -4.76. The highest BCUT2D eigenvalue weighted by atomic mass is 32.2. The van der Waals surface area contributed by atoms with Crippen LogP contribution in [0.15, 0.2) is 73.9 Å². The standard InChI is InChI=1S/C21H20N6O5S/c1-11-6-7-12(2)15(8-11)25-27-20-18(22)16(10-17(19(20)23)33(30,31)32)26-24-14-5-3-4-13(9-14)21(28)29/h3-10H,22-23H2,1-2H3,(H,28,29)(H,30,31,32)/b26-24+,27-25+. The molecule has 0 aromatic heterocycles. The summed E-state index contributed by atoms with van der Waals surface area (Å²) in [5.74, 6) is -1.15. The molecule has 0 heterocycles. The number of nitrogens with two attached hydrogens (primary N) is 2. The SMILES string of the molecule is Cc1ccc(C)c(/N=N/c2c(N)c(/N=N/c3cccc(C(=O)O)c3)cc(S(=O)(=O)O)c2N)c1. The molecule has 11 nitrogen and oxygen atoms in total. The van der Waals surface area contributed by atoms with E-state index >= 15 is 0 Å². The fraction of sp³-hybridized carbons (Fsp3) is 0.0952. The second-order valence-corrected chi connectivity index (χ2v) is 8.48. The summed E-state index contributed by atoms with van der Waals surface area (Å²) in [6.07, 6.45) is 0. The van der Waals surface area contributed by atoms with Crippen LogP contribution in [-0.4, -0.2) is 24.0 Å². The van der Waals surface area contributed by atoms with E-state index in [0.29, 0.717) is 5.69 Å². The monoisotopic (exact) mass is 468 g/mol. The molecule has 0 fully saturated rings. The van der Waals surface area contributed by atoms with Crippen LogP contribution < -0.4 is 11.5 Å². The normalized spacial score (nSPS) is 12.0. The van der Waals surface area contributed by atoms with Crippen LogP contribution in [0.3, 0.4) is 0 Å². The van der Waals surface area contributed by atoms with Crippen molar-refractivity contribution in [1.29, 1.82) is 0 Å².